The molecule has 0 spiro atoms. The summed E-state index contributed by atoms with van der Waals surface area (Å²) in [5.41, 5.74) is 5.12. The van der Waals surface area contributed by atoms with Gasteiger partial charge < -0.3 is 15.0 Å². The minimum atomic E-state index is -0.395. The summed E-state index contributed by atoms with van der Waals surface area (Å²) in [6, 6.07) is 29.5. The fourth-order valence-corrected chi connectivity index (χ4v) is 4.30. The highest BCUT2D eigenvalue weighted by atomic mass is 16.5. The van der Waals surface area contributed by atoms with Gasteiger partial charge in [-0.05, 0) is 47.4 Å². The first-order valence-electron chi connectivity index (χ1n) is 11.9. The summed E-state index contributed by atoms with van der Waals surface area (Å²) in [5, 5.41) is 2.96. The summed E-state index contributed by atoms with van der Waals surface area (Å²) in [6.45, 7) is 1.89. The Bertz CT molecular complexity index is 1450. The highest BCUT2D eigenvalue weighted by Crippen LogP contribution is 2.29. The van der Waals surface area contributed by atoms with Gasteiger partial charge in [-0.1, -0.05) is 78.9 Å². The fourth-order valence-electron chi connectivity index (χ4n) is 4.30. The number of esters is 1. The maximum absolute atomic E-state index is 13.6. The molecule has 0 atom stereocenters. The second kappa shape index (κ2) is 11.4. The van der Waals surface area contributed by atoms with E-state index in [-0.39, 0.29) is 18.2 Å². The minimum absolute atomic E-state index is 0.0399. The van der Waals surface area contributed by atoms with Gasteiger partial charge in [0.2, 0.25) is 0 Å². The van der Waals surface area contributed by atoms with Gasteiger partial charge >= 0.3 is 5.97 Å². The molecule has 0 saturated carbocycles. The van der Waals surface area contributed by atoms with Gasteiger partial charge in [0, 0.05) is 12.7 Å². The molecule has 186 valence electrons. The zero-order chi connectivity index (χ0) is 26.4. The SMILES string of the molecule is COC(=O)Cc1ccccc1N(C)C(=O)c1ccccc1NC(=O)c1c(C)cccc1-c1ccccc1. The number of nitrogens with one attached hydrogen (secondary N) is 1. The predicted octanol–water partition coefficient (Wildman–Crippen LogP) is 5.91. The first kappa shape index (κ1) is 25.4. The summed E-state index contributed by atoms with van der Waals surface area (Å²) in [5.74, 6) is -1.01. The van der Waals surface area contributed by atoms with Crippen LogP contribution in [0.5, 0.6) is 0 Å². The van der Waals surface area contributed by atoms with Crippen LogP contribution in [0.2, 0.25) is 0 Å². The van der Waals surface area contributed by atoms with Crippen LogP contribution in [0.15, 0.2) is 97.1 Å². The normalized spacial score (nSPS) is 10.5. The highest BCUT2D eigenvalue weighted by molar-refractivity contribution is 6.15. The number of nitrogens with zero attached hydrogens (tertiary/aromatic N) is 1. The van der Waals surface area contributed by atoms with Crippen molar-refractivity contribution >= 4 is 29.2 Å². The van der Waals surface area contributed by atoms with Crippen LogP contribution in [0.1, 0.15) is 31.8 Å². The van der Waals surface area contributed by atoms with E-state index in [1.165, 1.54) is 12.0 Å². The van der Waals surface area contributed by atoms with Crippen molar-refractivity contribution in [3.63, 3.8) is 0 Å². The van der Waals surface area contributed by atoms with E-state index in [4.69, 9.17) is 4.74 Å². The molecule has 0 radical (unpaired) electrons. The number of ether oxygens (including phenoxy) is 1. The van der Waals surface area contributed by atoms with Gasteiger partial charge in [-0.2, -0.15) is 0 Å². The van der Waals surface area contributed by atoms with Gasteiger partial charge in [0.1, 0.15) is 0 Å². The summed E-state index contributed by atoms with van der Waals surface area (Å²) in [6.07, 6.45) is 0.0399. The van der Waals surface area contributed by atoms with Gasteiger partial charge in [0.15, 0.2) is 0 Å². The molecule has 0 unspecified atom stereocenters. The Labute approximate surface area is 216 Å². The summed E-state index contributed by atoms with van der Waals surface area (Å²) < 4.78 is 4.80. The number of hydrogen-bond donors (Lipinski definition) is 1. The molecule has 0 aliphatic carbocycles. The smallest absolute Gasteiger partial charge is 0.310 e. The van der Waals surface area contributed by atoms with E-state index < -0.39 is 5.97 Å². The Balaban J connectivity index is 1.66. The molecule has 0 heterocycles. The number of carbonyl (C=O) groups is 3. The third-order valence-corrected chi connectivity index (χ3v) is 6.21. The average molecular weight is 493 g/mol. The Morgan fingerprint density at radius 1 is 0.811 bits per heavy atom. The summed E-state index contributed by atoms with van der Waals surface area (Å²) in [7, 11) is 2.97. The zero-order valence-electron chi connectivity index (χ0n) is 21.0. The molecular formula is C31H28N2O4. The molecule has 37 heavy (non-hydrogen) atoms. The van der Waals surface area contributed by atoms with Crippen molar-refractivity contribution < 1.29 is 19.1 Å². The van der Waals surface area contributed by atoms with Crippen LogP contribution in [0.4, 0.5) is 11.4 Å². The molecular weight excluding hydrogens is 464 g/mol. The van der Waals surface area contributed by atoms with Crippen LogP contribution in [-0.4, -0.2) is 31.9 Å². The van der Waals surface area contributed by atoms with Crippen molar-refractivity contribution in [2.75, 3.05) is 24.4 Å². The largest absolute Gasteiger partial charge is 0.469 e. The Hall–Kier alpha value is -4.71. The van der Waals surface area contributed by atoms with E-state index in [1.54, 1.807) is 55.6 Å². The molecule has 2 amide bonds. The molecule has 0 aromatic heterocycles. The maximum atomic E-state index is 13.6. The average Bonchev–Trinajstić information content (AvgIpc) is 2.93. The van der Waals surface area contributed by atoms with Crippen LogP contribution in [0.3, 0.4) is 0 Å². The standard InChI is InChI=1S/C31H28N2O4/c1-21-12-11-17-24(22-13-5-4-6-14-22)29(21)30(35)32-26-18-9-8-16-25(26)31(36)33(2)27-19-10-7-15-23(27)20-28(34)37-3/h4-19H,20H2,1-3H3,(H,32,35). The van der Waals surface area contributed by atoms with Crippen molar-refractivity contribution in [3.8, 4) is 11.1 Å². The number of carbonyl (C=O) groups excluding carboxylic acids is 3. The van der Waals surface area contributed by atoms with Crippen LogP contribution in [-0.2, 0) is 16.0 Å². The molecule has 0 aliphatic heterocycles. The molecule has 4 aromatic rings. The van der Waals surface area contributed by atoms with Crippen molar-refractivity contribution in [3.05, 3.63) is 119 Å². The van der Waals surface area contributed by atoms with Crippen molar-refractivity contribution in [1.29, 1.82) is 0 Å². The second-order valence-electron chi connectivity index (χ2n) is 8.61. The summed E-state index contributed by atoms with van der Waals surface area (Å²) in [4.78, 5) is 40.5. The van der Waals surface area contributed by atoms with Crippen LogP contribution in [0, 0.1) is 6.92 Å². The first-order valence-corrected chi connectivity index (χ1v) is 11.9. The number of anilines is 2. The number of hydrogen-bond acceptors (Lipinski definition) is 4. The van der Waals surface area contributed by atoms with Gasteiger partial charge in [-0.3, -0.25) is 14.4 Å². The van der Waals surface area contributed by atoms with Crippen molar-refractivity contribution in [2.24, 2.45) is 0 Å². The first-order chi connectivity index (χ1) is 17.9. The van der Waals surface area contributed by atoms with Gasteiger partial charge in [-0.25, -0.2) is 0 Å². The number of para-hydroxylation sites is 2. The number of rotatable bonds is 7. The Morgan fingerprint density at radius 3 is 2.24 bits per heavy atom. The monoisotopic (exact) mass is 492 g/mol. The molecule has 0 fully saturated rings. The predicted molar refractivity (Wildman–Crippen MR) is 146 cm³/mol. The number of amides is 2. The number of benzene rings is 4. The fraction of sp³-hybridized carbons (Fsp3) is 0.129. The van der Waals surface area contributed by atoms with E-state index in [0.717, 1.165) is 16.7 Å². The number of methoxy groups -OCH3 is 1. The lowest BCUT2D eigenvalue weighted by Crippen LogP contribution is -2.29. The lowest BCUT2D eigenvalue weighted by atomic mass is 9.95. The quantitative estimate of drug-likeness (QED) is 0.326. The third-order valence-electron chi connectivity index (χ3n) is 6.21. The van der Waals surface area contributed by atoms with Crippen LogP contribution in [0.25, 0.3) is 11.1 Å². The van der Waals surface area contributed by atoms with Crippen LogP contribution < -0.4 is 10.2 Å². The van der Waals surface area contributed by atoms with Crippen LogP contribution >= 0.6 is 0 Å². The Morgan fingerprint density at radius 2 is 1.49 bits per heavy atom. The van der Waals surface area contributed by atoms with Gasteiger partial charge in [0.05, 0.1) is 30.3 Å². The van der Waals surface area contributed by atoms with Gasteiger partial charge in [0.25, 0.3) is 11.8 Å². The van der Waals surface area contributed by atoms with E-state index in [2.05, 4.69) is 5.32 Å². The lowest BCUT2D eigenvalue weighted by Gasteiger charge is -2.22. The van der Waals surface area contributed by atoms with E-state index in [9.17, 15) is 14.4 Å². The van der Waals surface area contributed by atoms with Gasteiger partial charge in [-0.15, -0.1) is 0 Å². The maximum Gasteiger partial charge on any atom is 0.310 e. The molecule has 4 aromatic carbocycles. The highest BCUT2D eigenvalue weighted by Gasteiger charge is 2.22. The third kappa shape index (κ3) is 5.59. The minimum Gasteiger partial charge on any atom is -0.469 e. The molecule has 6 nitrogen and oxygen atoms in total. The van der Waals surface area contributed by atoms with E-state index in [0.29, 0.717) is 28.1 Å². The Kier molecular flexibility index (Phi) is 7.79. The summed E-state index contributed by atoms with van der Waals surface area (Å²) >= 11 is 0. The molecule has 4 rings (SSSR count). The molecule has 6 heteroatoms. The molecule has 0 bridgehead atoms. The molecule has 1 N–H and O–H groups in total. The second-order valence-corrected chi connectivity index (χ2v) is 8.61. The molecule has 0 aliphatic rings. The topological polar surface area (TPSA) is 75.7 Å². The zero-order valence-corrected chi connectivity index (χ0v) is 21.0. The van der Waals surface area contributed by atoms with E-state index >= 15 is 0 Å². The number of aryl methyl sites for hydroxylation is 1. The lowest BCUT2D eigenvalue weighted by molar-refractivity contribution is -0.139. The van der Waals surface area contributed by atoms with E-state index in [1.807, 2.05) is 55.5 Å². The van der Waals surface area contributed by atoms with Crippen molar-refractivity contribution in [1.82, 2.24) is 0 Å². The molecule has 0 saturated heterocycles. The van der Waals surface area contributed by atoms with Crippen molar-refractivity contribution in [2.45, 2.75) is 13.3 Å².